The van der Waals surface area contributed by atoms with Crippen LogP contribution in [0, 0.1) is 5.92 Å². The third-order valence-corrected chi connectivity index (χ3v) is 7.78. The molecule has 4 atom stereocenters. The quantitative estimate of drug-likeness (QED) is 0.769. The molecule has 2 aliphatic carbocycles. The van der Waals surface area contributed by atoms with E-state index in [1.54, 1.807) is 13.2 Å². The Morgan fingerprint density at radius 1 is 1.21 bits per heavy atom. The normalized spacial score (nSPS) is 31.7. The van der Waals surface area contributed by atoms with E-state index in [4.69, 9.17) is 9.47 Å². The molecule has 4 aliphatic rings. The molecule has 1 saturated heterocycles. The summed E-state index contributed by atoms with van der Waals surface area (Å²) < 4.78 is 26.9. The Morgan fingerprint density at radius 3 is 2.90 bits per heavy atom. The van der Waals surface area contributed by atoms with Gasteiger partial charge in [0.1, 0.15) is 5.83 Å². The van der Waals surface area contributed by atoms with Gasteiger partial charge in [0.15, 0.2) is 17.6 Å². The van der Waals surface area contributed by atoms with E-state index < -0.39 is 6.10 Å². The summed E-state index contributed by atoms with van der Waals surface area (Å²) in [6.07, 6.45) is 5.12. The number of allylic oxidation sites excluding steroid dienone is 1. The van der Waals surface area contributed by atoms with Crippen molar-refractivity contribution in [3.8, 4) is 11.5 Å². The topological polar surface area (TPSA) is 21.7 Å². The molecule has 0 radical (unpaired) electrons. The van der Waals surface area contributed by atoms with Crippen LogP contribution >= 0.6 is 0 Å². The molecule has 1 fully saturated rings. The van der Waals surface area contributed by atoms with Crippen LogP contribution in [0.4, 0.5) is 4.39 Å². The number of rotatable bonds is 4. The molecular formula is C25H26FNO2. The minimum Gasteiger partial charge on any atom is -0.493 e. The van der Waals surface area contributed by atoms with Crippen molar-refractivity contribution < 1.29 is 13.9 Å². The third kappa shape index (κ3) is 2.32. The summed E-state index contributed by atoms with van der Waals surface area (Å²) >= 11 is 0. The first-order chi connectivity index (χ1) is 14.2. The van der Waals surface area contributed by atoms with Gasteiger partial charge in [-0.05, 0) is 61.4 Å². The largest absolute Gasteiger partial charge is 0.493 e. The van der Waals surface area contributed by atoms with Gasteiger partial charge in [-0.15, -0.1) is 0 Å². The number of benzene rings is 2. The Labute approximate surface area is 171 Å². The van der Waals surface area contributed by atoms with E-state index >= 15 is 0 Å². The Bertz CT molecular complexity index is 988. The van der Waals surface area contributed by atoms with Crippen molar-refractivity contribution in [1.29, 1.82) is 0 Å². The number of likely N-dealkylation sites (tertiary alicyclic amines) is 1. The Kier molecular flexibility index (Phi) is 3.83. The van der Waals surface area contributed by atoms with Gasteiger partial charge in [-0.25, -0.2) is 4.39 Å². The van der Waals surface area contributed by atoms with Gasteiger partial charge in [0.25, 0.3) is 0 Å². The number of hydrogen-bond donors (Lipinski definition) is 0. The molecule has 0 unspecified atom stereocenters. The molecule has 29 heavy (non-hydrogen) atoms. The molecule has 150 valence electrons. The average Bonchev–Trinajstić information content (AvgIpc) is 3.10. The van der Waals surface area contributed by atoms with Gasteiger partial charge >= 0.3 is 0 Å². The highest BCUT2D eigenvalue weighted by atomic mass is 19.1. The van der Waals surface area contributed by atoms with Crippen LogP contribution in [0.5, 0.6) is 11.5 Å². The highest BCUT2D eigenvalue weighted by Crippen LogP contribution is 2.63. The second-order valence-electron chi connectivity index (χ2n) is 8.89. The standard InChI is InChI=1S/C25H26FNO2/c1-28-21-10-7-17-15-20-18-8-9-19(26)24-25(18,22(17)23(21)29-24)12-14-27(20)13-11-16-5-3-2-4-6-16/h2-7,9-10,18,20,24H,8,11-15H2,1H3/t18-,20+,24-,25-/m0/s1. The summed E-state index contributed by atoms with van der Waals surface area (Å²) in [7, 11) is 1.67. The van der Waals surface area contributed by atoms with E-state index in [0.29, 0.717) is 12.0 Å². The molecule has 0 amide bonds. The average molecular weight is 391 g/mol. The van der Waals surface area contributed by atoms with Crippen molar-refractivity contribution in [2.24, 2.45) is 5.92 Å². The van der Waals surface area contributed by atoms with E-state index in [2.05, 4.69) is 41.3 Å². The maximum Gasteiger partial charge on any atom is 0.166 e. The molecule has 2 heterocycles. The first-order valence-corrected chi connectivity index (χ1v) is 10.7. The lowest BCUT2D eigenvalue weighted by atomic mass is 9.53. The maximum absolute atomic E-state index is 15.0. The second-order valence-corrected chi connectivity index (χ2v) is 8.89. The summed E-state index contributed by atoms with van der Waals surface area (Å²) in [5, 5.41) is 0. The fourth-order valence-electron chi connectivity index (χ4n) is 6.54. The van der Waals surface area contributed by atoms with Crippen LogP contribution in [0.1, 0.15) is 29.5 Å². The number of hydrogen-bond acceptors (Lipinski definition) is 3. The monoisotopic (exact) mass is 391 g/mol. The van der Waals surface area contributed by atoms with Crippen molar-refractivity contribution in [3.63, 3.8) is 0 Å². The van der Waals surface area contributed by atoms with E-state index in [1.165, 1.54) is 16.7 Å². The van der Waals surface area contributed by atoms with Gasteiger partial charge in [-0.2, -0.15) is 0 Å². The summed E-state index contributed by atoms with van der Waals surface area (Å²) in [4.78, 5) is 2.65. The summed E-state index contributed by atoms with van der Waals surface area (Å²) in [5.74, 6) is 1.84. The highest BCUT2D eigenvalue weighted by Gasteiger charge is 2.64. The van der Waals surface area contributed by atoms with E-state index in [-0.39, 0.29) is 11.2 Å². The molecule has 2 bridgehead atoms. The van der Waals surface area contributed by atoms with E-state index in [1.807, 2.05) is 6.07 Å². The SMILES string of the molecule is COc1ccc2c3c1O[C@H]1C(F)=CC[C@H]4[C@@H](C2)N(CCc2ccccc2)CC[C@]314. The fourth-order valence-corrected chi connectivity index (χ4v) is 6.54. The van der Waals surface area contributed by atoms with E-state index in [9.17, 15) is 4.39 Å². The summed E-state index contributed by atoms with van der Waals surface area (Å²) in [6, 6.07) is 15.3. The van der Waals surface area contributed by atoms with Crippen LogP contribution in [0.25, 0.3) is 0 Å². The molecule has 2 aliphatic heterocycles. The van der Waals surface area contributed by atoms with Crippen LogP contribution < -0.4 is 9.47 Å². The summed E-state index contributed by atoms with van der Waals surface area (Å²) in [5.41, 5.74) is 3.72. The van der Waals surface area contributed by atoms with Crippen molar-refractivity contribution in [3.05, 3.63) is 71.1 Å². The predicted molar refractivity (Wildman–Crippen MR) is 110 cm³/mol. The fraction of sp³-hybridized carbons (Fsp3) is 0.440. The van der Waals surface area contributed by atoms with Crippen LogP contribution in [0.2, 0.25) is 0 Å². The molecule has 3 nitrogen and oxygen atoms in total. The summed E-state index contributed by atoms with van der Waals surface area (Å²) in [6.45, 7) is 2.05. The zero-order valence-corrected chi connectivity index (χ0v) is 16.7. The number of piperidine rings is 1. The number of ether oxygens (including phenoxy) is 2. The van der Waals surface area contributed by atoms with Gasteiger partial charge in [0.2, 0.25) is 0 Å². The minimum absolute atomic E-state index is 0.0937. The first kappa shape index (κ1) is 17.5. The molecule has 0 aromatic heterocycles. The Hall–Kier alpha value is -2.33. The second kappa shape index (κ2) is 6.33. The highest BCUT2D eigenvalue weighted by molar-refractivity contribution is 5.62. The van der Waals surface area contributed by atoms with Crippen LogP contribution in [-0.2, 0) is 18.3 Å². The molecule has 0 saturated carbocycles. The molecule has 2 aromatic rings. The number of halogens is 1. The zero-order chi connectivity index (χ0) is 19.6. The molecule has 0 N–H and O–H groups in total. The van der Waals surface area contributed by atoms with Crippen LogP contribution in [-0.4, -0.2) is 37.2 Å². The van der Waals surface area contributed by atoms with Crippen molar-refractivity contribution >= 4 is 0 Å². The van der Waals surface area contributed by atoms with Gasteiger partial charge in [0, 0.05) is 23.6 Å². The minimum atomic E-state index is -0.481. The Balaban J connectivity index is 1.40. The van der Waals surface area contributed by atoms with Crippen LogP contribution in [0.3, 0.4) is 0 Å². The van der Waals surface area contributed by atoms with Crippen molar-refractivity contribution in [2.75, 3.05) is 20.2 Å². The van der Waals surface area contributed by atoms with E-state index in [0.717, 1.165) is 50.3 Å². The lowest BCUT2D eigenvalue weighted by Crippen LogP contribution is -2.64. The van der Waals surface area contributed by atoms with Gasteiger partial charge < -0.3 is 9.47 Å². The number of methoxy groups -OCH3 is 1. The smallest absolute Gasteiger partial charge is 0.166 e. The van der Waals surface area contributed by atoms with Crippen LogP contribution in [0.15, 0.2) is 54.4 Å². The first-order valence-electron chi connectivity index (χ1n) is 10.7. The van der Waals surface area contributed by atoms with Gasteiger partial charge in [-0.3, -0.25) is 4.90 Å². The van der Waals surface area contributed by atoms with Crippen molar-refractivity contribution in [2.45, 2.75) is 43.2 Å². The molecule has 2 aromatic carbocycles. The Morgan fingerprint density at radius 2 is 2.07 bits per heavy atom. The maximum atomic E-state index is 15.0. The predicted octanol–water partition coefficient (Wildman–Crippen LogP) is 4.44. The van der Waals surface area contributed by atoms with Gasteiger partial charge in [-0.1, -0.05) is 36.4 Å². The zero-order valence-electron chi connectivity index (χ0n) is 16.7. The molecule has 1 spiro atoms. The molecule has 4 heteroatoms. The lowest BCUT2D eigenvalue weighted by molar-refractivity contribution is -0.0263. The lowest BCUT2D eigenvalue weighted by Gasteiger charge is -2.57. The van der Waals surface area contributed by atoms with Gasteiger partial charge in [0.05, 0.1) is 7.11 Å². The molecular weight excluding hydrogens is 365 g/mol. The molecule has 6 rings (SSSR count). The number of nitrogens with zero attached hydrogens (tertiary/aromatic N) is 1. The third-order valence-electron chi connectivity index (χ3n) is 7.78. The van der Waals surface area contributed by atoms with Crippen molar-refractivity contribution in [1.82, 2.24) is 4.90 Å².